The molecule has 0 radical (unpaired) electrons. The maximum Gasteiger partial charge on any atom is 0.264 e. The molecular weight excluding hydrogens is 502 g/mol. The fourth-order valence-corrected chi connectivity index (χ4v) is 5.23. The standard InChI is InChI=1S/C33H41N3O4/c1-27-12-9-15-29-25-35(31(37)18-23-39-2)21-10-19-34(24-28-13-5-3-6-14-28)20-11-22-36(33(27)29)32(38)26-40-30-16-7-4-8-17-30/h3-9,12-17H,10-11,18-26H2,1-2H3. The van der Waals surface area contributed by atoms with Crippen LogP contribution in [-0.4, -0.2) is 68.1 Å². The van der Waals surface area contributed by atoms with Crippen molar-refractivity contribution in [2.24, 2.45) is 0 Å². The van der Waals surface area contributed by atoms with Gasteiger partial charge in [-0.05, 0) is 48.6 Å². The highest BCUT2D eigenvalue weighted by atomic mass is 16.5. The van der Waals surface area contributed by atoms with Crippen LogP contribution in [0.5, 0.6) is 5.75 Å². The van der Waals surface area contributed by atoms with E-state index < -0.39 is 0 Å². The van der Waals surface area contributed by atoms with E-state index in [0.29, 0.717) is 38.4 Å². The van der Waals surface area contributed by atoms with E-state index in [-0.39, 0.29) is 18.4 Å². The highest BCUT2D eigenvalue weighted by molar-refractivity contribution is 5.96. The van der Waals surface area contributed by atoms with Crippen molar-refractivity contribution >= 4 is 17.5 Å². The number of hydrogen-bond donors (Lipinski definition) is 0. The Bertz CT molecular complexity index is 1220. The first kappa shape index (κ1) is 29.3. The Morgan fingerprint density at radius 3 is 2.23 bits per heavy atom. The summed E-state index contributed by atoms with van der Waals surface area (Å²) in [6.07, 6.45) is 2.04. The predicted molar refractivity (Wildman–Crippen MR) is 158 cm³/mol. The van der Waals surface area contributed by atoms with Crippen molar-refractivity contribution in [2.75, 3.05) is 51.4 Å². The first-order valence-electron chi connectivity index (χ1n) is 14.1. The van der Waals surface area contributed by atoms with Crippen molar-refractivity contribution < 1.29 is 19.1 Å². The molecule has 0 spiro atoms. The van der Waals surface area contributed by atoms with E-state index in [2.05, 4.69) is 29.2 Å². The zero-order chi connectivity index (χ0) is 28.2. The topological polar surface area (TPSA) is 62.3 Å². The number of carbonyl (C=O) groups excluding carboxylic acids is 2. The highest BCUT2D eigenvalue weighted by Gasteiger charge is 2.25. The Hall–Kier alpha value is -3.68. The Balaban J connectivity index is 1.62. The molecule has 0 atom stereocenters. The zero-order valence-electron chi connectivity index (χ0n) is 23.8. The van der Waals surface area contributed by atoms with E-state index >= 15 is 0 Å². The van der Waals surface area contributed by atoms with E-state index in [9.17, 15) is 9.59 Å². The summed E-state index contributed by atoms with van der Waals surface area (Å²) in [5, 5.41) is 0. The number of fused-ring (bicyclic) bond motifs is 1. The minimum absolute atomic E-state index is 0.0536. The van der Waals surface area contributed by atoms with E-state index in [1.807, 2.05) is 71.3 Å². The molecule has 1 aliphatic rings. The Labute approximate surface area is 238 Å². The Kier molecular flexibility index (Phi) is 11.1. The molecule has 7 nitrogen and oxygen atoms in total. The SMILES string of the molecule is COCCC(=O)N1CCCN(Cc2ccccc2)CCCN(C(=O)COc2ccccc2)c2c(C)cccc2C1. The molecule has 7 heteroatoms. The third-order valence-corrected chi connectivity index (χ3v) is 7.24. The molecule has 0 saturated carbocycles. The fraction of sp³-hybridized carbons (Fsp3) is 0.394. The Morgan fingerprint density at radius 2 is 1.50 bits per heavy atom. The van der Waals surface area contributed by atoms with Gasteiger partial charge in [0, 0.05) is 46.4 Å². The highest BCUT2D eigenvalue weighted by Crippen LogP contribution is 2.28. The van der Waals surface area contributed by atoms with Crippen LogP contribution in [0.3, 0.4) is 0 Å². The minimum atomic E-state index is -0.0941. The molecule has 0 aliphatic carbocycles. The van der Waals surface area contributed by atoms with Gasteiger partial charge in [-0.2, -0.15) is 0 Å². The first-order valence-corrected chi connectivity index (χ1v) is 14.1. The van der Waals surface area contributed by atoms with Crippen molar-refractivity contribution in [3.8, 4) is 5.75 Å². The maximum atomic E-state index is 13.7. The second-order valence-corrected chi connectivity index (χ2v) is 10.3. The molecule has 3 aromatic rings. The lowest BCUT2D eigenvalue weighted by molar-refractivity contribution is -0.132. The number of methoxy groups -OCH3 is 1. The first-order chi connectivity index (χ1) is 19.5. The molecule has 40 heavy (non-hydrogen) atoms. The van der Waals surface area contributed by atoms with E-state index in [4.69, 9.17) is 9.47 Å². The average Bonchev–Trinajstić information content (AvgIpc) is 2.97. The largest absolute Gasteiger partial charge is 0.484 e. The third-order valence-electron chi connectivity index (χ3n) is 7.24. The lowest BCUT2D eigenvalue weighted by atomic mass is 10.0. The van der Waals surface area contributed by atoms with Crippen LogP contribution >= 0.6 is 0 Å². The number of hydrogen-bond acceptors (Lipinski definition) is 5. The van der Waals surface area contributed by atoms with Gasteiger partial charge in [0.05, 0.1) is 18.7 Å². The summed E-state index contributed by atoms with van der Waals surface area (Å²) in [4.78, 5) is 33.2. The second kappa shape index (κ2) is 15.2. The maximum absolute atomic E-state index is 13.7. The summed E-state index contributed by atoms with van der Waals surface area (Å²) < 4.78 is 11.1. The summed E-state index contributed by atoms with van der Waals surface area (Å²) in [5.41, 5.74) is 4.12. The van der Waals surface area contributed by atoms with Crippen LogP contribution < -0.4 is 9.64 Å². The van der Waals surface area contributed by atoms with Crippen LogP contribution in [0.15, 0.2) is 78.9 Å². The number of nitrogens with zero attached hydrogens (tertiary/aromatic N) is 3. The summed E-state index contributed by atoms with van der Waals surface area (Å²) in [7, 11) is 1.62. The van der Waals surface area contributed by atoms with Gasteiger partial charge in [-0.25, -0.2) is 0 Å². The van der Waals surface area contributed by atoms with Gasteiger partial charge >= 0.3 is 0 Å². The van der Waals surface area contributed by atoms with Gasteiger partial charge in [0.15, 0.2) is 6.61 Å². The molecule has 0 N–H and O–H groups in total. The third kappa shape index (κ3) is 8.41. The molecule has 4 rings (SSSR count). The molecule has 0 bridgehead atoms. The number of anilines is 1. The van der Waals surface area contributed by atoms with E-state index in [1.165, 1.54) is 5.56 Å². The summed E-state index contributed by atoms with van der Waals surface area (Å²) >= 11 is 0. The van der Waals surface area contributed by atoms with Gasteiger partial charge in [0.2, 0.25) is 5.91 Å². The number of rotatable bonds is 8. The number of amides is 2. The van der Waals surface area contributed by atoms with Gasteiger partial charge in [-0.15, -0.1) is 0 Å². The van der Waals surface area contributed by atoms with Gasteiger partial charge in [-0.3, -0.25) is 14.5 Å². The van der Waals surface area contributed by atoms with Crippen LogP contribution in [-0.2, 0) is 27.4 Å². The van der Waals surface area contributed by atoms with Crippen LogP contribution in [0.1, 0.15) is 36.0 Å². The van der Waals surface area contributed by atoms with E-state index in [0.717, 1.165) is 49.3 Å². The molecule has 3 aromatic carbocycles. The smallest absolute Gasteiger partial charge is 0.264 e. The molecule has 0 saturated heterocycles. The quantitative estimate of drug-likeness (QED) is 0.397. The van der Waals surface area contributed by atoms with Crippen molar-refractivity contribution in [2.45, 2.75) is 39.3 Å². The van der Waals surface area contributed by atoms with Gasteiger partial charge < -0.3 is 19.3 Å². The van der Waals surface area contributed by atoms with Crippen molar-refractivity contribution in [1.29, 1.82) is 0 Å². The van der Waals surface area contributed by atoms with Crippen LogP contribution in [0, 0.1) is 6.92 Å². The molecule has 0 unspecified atom stereocenters. The fourth-order valence-electron chi connectivity index (χ4n) is 5.23. The summed E-state index contributed by atoms with van der Waals surface area (Å²) in [6, 6.07) is 25.9. The number of aryl methyl sites for hydroxylation is 1. The summed E-state index contributed by atoms with van der Waals surface area (Å²) in [6.45, 7) is 6.57. The molecule has 212 valence electrons. The normalized spacial score (nSPS) is 15.1. The van der Waals surface area contributed by atoms with Crippen LogP contribution in [0.4, 0.5) is 5.69 Å². The second-order valence-electron chi connectivity index (χ2n) is 10.3. The molecule has 0 aromatic heterocycles. The number of para-hydroxylation sites is 2. The van der Waals surface area contributed by atoms with Gasteiger partial charge in [-0.1, -0.05) is 66.7 Å². The molecular formula is C33H41N3O4. The number of benzene rings is 3. The lowest BCUT2D eigenvalue weighted by Gasteiger charge is -2.32. The monoisotopic (exact) mass is 543 g/mol. The van der Waals surface area contributed by atoms with Crippen LogP contribution in [0.25, 0.3) is 0 Å². The van der Waals surface area contributed by atoms with Crippen molar-refractivity contribution in [1.82, 2.24) is 9.80 Å². The van der Waals surface area contributed by atoms with E-state index in [1.54, 1.807) is 7.11 Å². The zero-order valence-corrected chi connectivity index (χ0v) is 23.8. The minimum Gasteiger partial charge on any atom is -0.484 e. The lowest BCUT2D eigenvalue weighted by Crippen LogP contribution is -2.41. The summed E-state index contributed by atoms with van der Waals surface area (Å²) in [5.74, 6) is 0.633. The van der Waals surface area contributed by atoms with Gasteiger partial charge in [0.25, 0.3) is 5.91 Å². The average molecular weight is 544 g/mol. The molecule has 2 amide bonds. The molecule has 1 heterocycles. The Morgan fingerprint density at radius 1 is 0.800 bits per heavy atom. The number of ether oxygens (including phenoxy) is 2. The molecule has 1 aliphatic heterocycles. The van der Waals surface area contributed by atoms with Gasteiger partial charge in [0.1, 0.15) is 5.75 Å². The molecule has 0 fully saturated rings. The number of carbonyl (C=O) groups is 2. The van der Waals surface area contributed by atoms with Crippen molar-refractivity contribution in [3.05, 3.63) is 95.6 Å². The van der Waals surface area contributed by atoms with Crippen molar-refractivity contribution in [3.63, 3.8) is 0 Å². The van der Waals surface area contributed by atoms with Crippen LogP contribution in [0.2, 0.25) is 0 Å². The predicted octanol–water partition coefficient (Wildman–Crippen LogP) is 5.07.